The number of hydrogen-bond donors (Lipinski definition) is 3. The van der Waals surface area contributed by atoms with E-state index >= 15 is 0 Å². The zero-order valence-electron chi connectivity index (χ0n) is 22.2. The molecule has 0 bridgehead atoms. The number of carboxylic acids is 1. The first kappa shape index (κ1) is 27.7. The van der Waals surface area contributed by atoms with Crippen molar-refractivity contribution in [3.63, 3.8) is 0 Å². The third-order valence-corrected chi connectivity index (χ3v) is 8.03. The lowest BCUT2D eigenvalue weighted by atomic mass is 9.82. The lowest BCUT2D eigenvalue weighted by Gasteiger charge is -2.38. The van der Waals surface area contributed by atoms with E-state index in [-0.39, 0.29) is 42.8 Å². The number of nitrogens with zero attached hydrogens (tertiary/aromatic N) is 1. The van der Waals surface area contributed by atoms with Crippen molar-refractivity contribution in [2.75, 3.05) is 13.7 Å². The van der Waals surface area contributed by atoms with Gasteiger partial charge in [-0.2, -0.15) is 0 Å². The quantitative estimate of drug-likeness (QED) is 0.294. The van der Waals surface area contributed by atoms with E-state index < -0.39 is 23.7 Å². The smallest absolute Gasteiger partial charge is 0.303 e. The zero-order valence-corrected chi connectivity index (χ0v) is 22.2. The van der Waals surface area contributed by atoms with Gasteiger partial charge in [0.15, 0.2) is 0 Å². The van der Waals surface area contributed by atoms with E-state index in [1.54, 1.807) is 25.3 Å². The van der Waals surface area contributed by atoms with Gasteiger partial charge in [0.25, 0.3) is 11.7 Å². The molecule has 9 heteroatoms. The van der Waals surface area contributed by atoms with Crippen molar-refractivity contribution in [3.8, 4) is 5.75 Å². The number of carboxylic acid groups (broad SMARTS) is 1. The van der Waals surface area contributed by atoms with Gasteiger partial charge < -0.3 is 25.0 Å². The number of carbonyl (C=O) groups excluding carboxylic acids is 3. The Labute approximate surface area is 223 Å². The summed E-state index contributed by atoms with van der Waals surface area (Å²) in [7, 11) is 1.55. The van der Waals surface area contributed by atoms with Crippen LogP contribution in [0.3, 0.4) is 0 Å². The van der Waals surface area contributed by atoms with Crippen LogP contribution in [0.25, 0.3) is 10.9 Å². The number of fused-ring (bicyclic) bond motifs is 1. The predicted octanol–water partition coefficient (Wildman–Crippen LogP) is 4.45. The number of amides is 2. The first-order valence-electron chi connectivity index (χ1n) is 13.9. The van der Waals surface area contributed by atoms with E-state index in [0.717, 1.165) is 64.2 Å². The summed E-state index contributed by atoms with van der Waals surface area (Å²) in [5.74, 6) is -2.11. The van der Waals surface area contributed by atoms with Crippen LogP contribution < -0.4 is 10.1 Å². The number of carbonyl (C=O) groups is 4. The summed E-state index contributed by atoms with van der Waals surface area (Å²) in [5, 5.41) is 13.0. The number of benzene rings is 1. The highest BCUT2D eigenvalue weighted by Crippen LogP contribution is 2.31. The number of ether oxygens (including phenoxy) is 1. The van der Waals surface area contributed by atoms with E-state index in [0.29, 0.717) is 16.7 Å². The lowest BCUT2D eigenvalue weighted by molar-refractivity contribution is -0.141. The number of rotatable bonds is 11. The van der Waals surface area contributed by atoms with Crippen LogP contribution in [0.15, 0.2) is 24.4 Å². The van der Waals surface area contributed by atoms with Crippen molar-refractivity contribution in [3.05, 3.63) is 30.0 Å². The summed E-state index contributed by atoms with van der Waals surface area (Å²) in [6.45, 7) is 0.0340. The minimum atomic E-state index is -0.977. The molecule has 1 heterocycles. The van der Waals surface area contributed by atoms with Crippen molar-refractivity contribution in [1.29, 1.82) is 0 Å². The number of aromatic amines is 1. The van der Waals surface area contributed by atoms with Crippen LogP contribution >= 0.6 is 0 Å². The molecule has 1 aromatic heterocycles. The third-order valence-electron chi connectivity index (χ3n) is 8.03. The average molecular weight is 526 g/mol. The number of ketones is 1. The Morgan fingerprint density at radius 1 is 1.05 bits per heavy atom. The summed E-state index contributed by atoms with van der Waals surface area (Å²) in [6.07, 6.45) is 11.2. The summed E-state index contributed by atoms with van der Waals surface area (Å²) in [5.41, 5.74) is 0.891. The fourth-order valence-electron chi connectivity index (χ4n) is 6.03. The second-order valence-corrected chi connectivity index (χ2v) is 10.6. The van der Waals surface area contributed by atoms with Gasteiger partial charge in [-0.25, -0.2) is 0 Å². The molecule has 0 spiro atoms. The molecule has 3 N–H and O–H groups in total. The Morgan fingerprint density at radius 2 is 1.74 bits per heavy atom. The molecule has 38 heavy (non-hydrogen) atoms. The second kappa shape index (κ2) is 12.9. The summed E-state index contributed by atoms with van der Waals surface area (Å²) >= 11 is 0. The van der Waals surface area contributed by atoms with Gasteiger partial charge in [0, 0.05) is 42.2 Å². The maximum atomic E-state index is 13.9. The van der Waals surface area contributed by atoms with Crippen LogP contribution in [-0.4, -0.2) is 64.3 Å². The Bertz CT molecular complexity index is 1150. The molecule has 2 aromatic rings. The van der Waals surface area contributed by atoms with E-state index in [1.807, 2.05) is 0 Å². The SMILES string of the molecule is COc1ccc2c(C(=O)C(=O)N(CCCC(=O)O)[C@@H](C(=O)NC3CCCCC3)C3CCCCC3)c[nH]c2c1. The molecular weight excluding hydrogens is 486 g/mol. The van der Waals surface area contributed by atoms with E-state index in [9.17, 15) is 24.3 Å². The molecule has 9 nitrogen and oxygen atoms in total. The van der Waals surface area contributed by atoms with E-state index in [1.165, 1.54) is 11.1 Å². The van der Waals surface area contributed by atoms with Crippen LogP contribution in [0.5, 0.6) is 5.75 Å². The number of Topliss-reactive ketones (excluding diaryl/α,β-unsaturated/α-hetero) is 1. The molecule has 4 rings (SSSR count). The first-order chi connectivity index (χ1) is 18.4. The van der Waals surface area contributed by atoms with Gasteiger partial charge in [0.05, 0.1) is 12.7 Å². The standard InChI is InChI=1S/C29H39N3O6/c1-38-21-14-15-22-23(18-30-24(22)17-21)27(35)29(37)32(16-8-13-25(33)34)26(19-9-4-2-5-10-19)28(36)31-20-11-6-3-7-12-20/h14-15,17-20,26,30H,2-13,16H2,1H3,(H,31,36)(H,33,34)/t26-/m1/s1. The van der Waals surface area contributed by atoms with Gasteiger partial charge in [-0.3, -0.25) is 19.2 Å². The molecule has 0 aliphatic heterocycles. The first-order valence-corrected chi connectivity index (χ1v) is 13.9. The predicted molar refractivity (Wildman–Crippen MR) is 143 cm³/mol. The van der Waals surface area contributed by atoms with Gasteiger partial charge in [-0.1, -0.05) is 38.5 Å². The highest BCUT2D eigenvalue weighted by Gasteiger charge is 2.40. The molecule has 1 aromatic carbocycles. The number of methoxy groups -OCH3 is 1. The molecule has 2 aliphatic carbocycles. The maximum Gasteiger partial charge on any atom is 0.303 e. The topological polar surface area (TPSA) is 129 Å². The number of nitrogens with one attached hydrogen (secondary N) is 2. The van der Waals surface area contributed by atoms with Gasteiger partial charge in [-0.05, 0) is 50.2 Å². The molecule has 0 unspecified atom stereocenters. The molecule has 2 saturated carbocycles. The van der Waals surface area contributed by atoms with Crippen LogP contribution in [0.1, 0.15) is 87.4 Å². The number of H-pyrrole nitrogens is 1. The van der Waals surface area contributed by atoms with Crippen LogP contribution in [0.2, 0.25) is 0 Å². The second-order valence-electron chi connectivity index (χ2n) is 10.6. The van der Waals surface area contributed by atoms with Crippen molar-refractivity contribution in [2.45, 2.75) is 89.1 Å². The minimum absolute atomic E-state index is 0.0340. The van der Waals surface area contributed by atoms with E-state index in [2.05, 4.69) is 10.3 Å². The number of hydrogen-bond acceptors (Lipinski definition) is 5. The molecule has 2 amide bonds. The highest BCUT2D eigenvalue weighted by atomic mass is 16.5. The lowest BCUT2D eigenvalue weighted by Crippen LogP contribution is -2.57. The van der Waals surface area contributed by atoms with Gasteiger partial charge in [0.1, 0.15) is 11.8 Å². The Hall–Kier alpha value is -3.36. The molecule has 206 valence electrons. The molecule has 0 radical (unpaired) electrons. The summed E-state index contributed by atoms with van der Waals surface area (Å²) in [4.78, 5) is 57.0. The van der Waals surface area contributed by atoms with Crippen LogP contribution in [-0.2, 0) is 14.4 Å². The number of aliphatic carboxylic acids is 1. The van der Waals surface area contributed by atoms with Gasteiger partial charge in [0.2, 0.25) is 5.91 Å². The third kappa shape index (κ3) is 6.55. The molecule has 2 aliphatic rings. The maximum absolute atomic E-state index is 13.9. The molecule has 2 fully saturated rings. The van der Waals surface area contributed by atoms with Crippen molar-refractivity contribution in [2.24, 2.45) is 5.92 Å². The van der Waals surface area contributed by atoms with Crippen molar-refractivity contribution in [1.82, 2.24) is 15.2 Å². The normalized spacial score (nSPS) is 17.6. The summed E-state index contributed by atoms with van der Waals surface area (Å²) < 4.78 is 5.26. The fourth-order valence-corrected chi connectivity index (χ4v) is 6.03. The van der Waals surface area contributed by atoms with Gasteiger partial charge >= 0.3 is 5.97 Å². The van der Waals surface area contributed by atoms with Crippen LogP contribution in [0.4, 0.5) is 0 Å². The highest BCUT2D eigenvalue weighted by molar-refractivity contribution is 6.45. The van der Waals surface area contributed by atoms with Crippen LogP contribution in [0, 0.1) is 5.92 Å². The minimum Gasteiger partial charge on any atom is -0.497 e. The zero-order chi connectivity index (χ0) is 27.1. The number of aromatic nitrogens is 1. The molecular formula is C29H39N3O6. The average Bonchev–Trinajstić information content (AvgIpc) is 3.35. The monoisotopic (exact) mass is 525 g/mol. The fraction of sp³-hybridized carbons (Fsp3) is 0.586. The summed E-state index contributed by atoms with van der Waals surface area (Å²) in [6, 6.07) is 4.48. The Balaban J connectivity index is 1.64. The largest absolute Gasteiger partial charge is 0.497 e. The Kier molecular flexibility index (Phi) is 9.42. The van der Waals surface area contributed by atoms with Gasteiger partial charge in [-0.15, -0.1) is 0 Å². The van der Waals surface area contributed by atoms with E-state index in [4.69, 9.17) is 4.74 Å². The van der Waals surface area contributed by atoms with Crippen molar-refractivity contribution < 1.29 is 29.0 Å². The molecule has 0 saturated heterocycles. The van der Waals surface area contributed by atoms with Crippen molar-refractivity contribution >= 4 is 34.5 Å². The Morgan fingerprint density at radius 3 is 2.39 bits per heavy atom. The molecule has 1 atom stereocenters.